The lowest BCUT2D eigenvalue weighted by Crippen LogP contribution is -2.41. The Kier molecular flexibility index (Phi) is 4.94. The third-order valence-electron chi connectivity index (χ3n) is 2.72. The zero-order valence-electron chi connectivity index (χ0n) is 10.6. The molecule has 0 aliphatic carbocycles. The van der Waals surface area contributed by atoms with Crippen molar-refractivity contribution in [3.63, 3.8) is 0 Å². The molecule has 104 valence electrons. The molecule has 1 rings (SSSR count). The predicted molar refractivity (Wildman–Crippen MR) is 66.2 cm³/mol. The van der Waals surface area contributed by atoms with E-state index in [1.807, 2.05) is 13.8 Å². The quantitative estimate of drug-likeness (QED) is 0.626. The monoisotopic (exact) mass is 270 g/mol. The minimum atomic E-state index is -0.996. The largest absolute Gasteiger partial charge is 0.394 e. The lowest BCUT2D eigenvalue weighted by atomic mass is 10.0. The third-order valence-corrected chi connectivity index (χ3v) is 2.72. The van der Waals surface area contributed by atoms with Gasteiger partial charge in [-0.15, -0.1) is 0 Å². The molecule has 6 nitrogen and oxygen atoms in total. The summed E-state index contributed by atoms with van der Waals surface area (Å²) in [4.78, 5) is 21.5. The summed E-state index contributed by atoms with van der Waals surface area (Å²) in [6.45, 7) is 3.38. The molecule has 1 unspecified atom stereocenters. The molecule has 7 heteroatoms. The molecule has 1 amide bonds. The maximum Gasteiger partial charge on any atom is 0.305 e. The molecule has 2 N–H and O–H groups in total. The summed E-state index contributed by atoms with van der Waals surface area (Å²) in [5.74, 6) is -1.58. The molecule has 0 saturated heterocycles. The van der Waals surface area contributed by atoms with E-state index in [-0.39, 0.29) is 18.1 Å². The van der Waals surface area contributed by atoms with Crippen LogP contribution in [0.4, 0.5) is 10.1 Å². The van der Waals surface area contributed by atoms with Crippen LogP contribution >= 0.6 is 0 Å². The molecule has 0 bridgehead atoms. The fraction of sp³-hybridized carbons (Fsp3) is 0.417. The van der Waals surface area contributed by atoms with Crippen LogP contribution in [0.2, 0.25) is 0 Å². The Hall–Kier alpha value is -2.02. The summed E-state index contributed by atoms with van der Waals surface area (Å²) in [7, 11) is 0. The topological polar surface area (TPSA) is 92.5 Å². The highest BCUT2D eigenvalue weighted by atomic mass is 19.1. The van der Waals surface area contributed by atoms with E-state index in [0.29, 0.717) is 0 Å². The van der Waals surface area contributed by atoms with E-state index in [1.54, 1.807) is 0 Å². The molecule has 1 aromatic rings. The van der Waals surface area contributed by atoms with Gasteiger partial charge in [0.25, 0.3) is 5.91 Å². The van der Waals surface area contributed by atoms with Gasteiger partial charge in [-0.25, -0.2) is 0 Å². The van der Waals surface area contributed by atoms with Crippen LogP contribution in [0.15, 0.2) is 18.2 Å². The highest BCUT2D eigenvalue weighted by Crippen LogP contribution is 2.18. The van der Waals surface area contributed by atoms with Crippen LogP contribution in [0.1, 0.15) is 24.2 Å². The molecule has 19 heavy (non-hydrogen) atoms. The number of halogens is 1. The van der Waals surface area contributed by atoms with Crippen molar-refractivity contribution in [2.24, 2.45) is 5.92 Å². The summed E-state index contributed by atoms with van der Waals surface area (Å²) in [5.41, 5.74) is -0.773. The SMILES string of the molecule is CC(C)C(CO)NC(=O)c1ccc(F)c([N+](=O)[O-])c1. The minimum absolute atomic E-state index is 0.00406. The normalized spacial score (nSPS) is 12.3. The second kappa shape index (κ2) is 6.24. The minimum Gasteiger partial charge on any atom is -0.394 e. The molecule has 0 spiro atoms. The third kappa shape index (κ3) is 3.72. The second-order valence-corrected chi connectivity index (χ2v) is 4.43. The van der Waals surface area contributed by atoms with Gasteiger partial charge >= 0.3 is 5.69 Å². The highest BCUT2D eigenvalue weighted by molar-refractivity contribution is 5.95. The number of nitrogens with one attached hydrogen (secondary N) is 1. The molecule has 0 heterocycles. The number of nitro groups is 1. The van der Waals surface area contributed by atoms with Crippen LogP contribution in [0.3, 0.4) is 0 Å². The van der Waals surface area contributed by atoms with Gasteiger partial charge in [-0.1, -0.05) is 13.8 Å². The average Bonchev–Trinajstić information content (AvgIpc) is 2.35. The Bertz CT molecular complexity index is 491. The van der Waals surface area contributed by atoms with Crippen molar-refractivity contribution in [3.8, 4) is 0 Å². The van der Waals surface area contributed by atoms with Crippen LogP contribution in [-0.2, 0) is 0 Å². The van der Waals surface area contributed by atoms with Gasteiger partial charge in [0.2, 0.25) is 5.82 Å². The van der Waals surface area contributed by atoms with Crippen molar-refractivity contribution in [1.82, 2.24) is 5.32 Å². The standard InChI is InChI=1S/C12H15FN2O4/c1-7(2)10(6-16)14-12(17)8-3-4-9(13)11(5-8)15(18)19/h3-5,7,10,16H,6H2,1-2H3,(H,14,17). The zero-order valence-corrected chi connectivity index (χ0v) is 10.6. The molecule has 0 fully saturated rings. The number of aliphatic hydroxyl groups is 1. The number of hydrogen-bond acceptors (Lipinski definition) is 4. The van der Waals surface area contributed by atoms with Gasteiger partial charge in [0, 0.05) is 11.6 Å². The number of carbonyl (C=O) groups excluding carboxylic acids is 1. The highest BCUT2D eigenvalue weighted by Gasteiger charge is 2.20. The van der Waals surface area contributed by atoms with E-state index < -0.39 is 28.4 Å². The van der Waals surface area contributed by atoms with Crippen molar-refractivity contribution in [3.05, 3.63) is 39.7 Å². The van der Waals surface area contributed by atoms with Crippen LogP contribution < -0.4 is 5.32 Å². The van der Waals surface area contributed by atoms with Gasteiger partial charge in [-0.2, -0.15) is 4.39 Å². The number of benzene rings is 1. The Morgan fingerprint density at radius 1 is 1.53 bits per heavy atom. The lowest BCUT2D eigenvalue weighted by Gasteiger charge is -2.19. The fourth-order valence-electron chi connectivity index (χ4n) is 1.47. The van der Waals surface area contributed by atoms with Gasteiger partial charge in [-0.3, -0.25) is 14.9 Å². The van der Waals surface area contributed by atoms with Crippen LogP contribution in [0, 0.1) is 21.8 Å². The zero-order chi connectivity index (χ0) is 14.6. The number of rotatable bonds is 5. The van der Waals surface area contributed by atoms with Crippen molar-refractivity contribution < 1.29 is 19.2 Å². The van der Waals surface area contributed by atoms with Crippen molar-refractivity contribution in [2.45, 2.75) is 19.9 Å². The van der Waals surface area contributed by atoms with E-state index in [0.717, 1.165) is 18.2 Å². The molecule has 0 radical (unpaired) electrons. The van der Waals surface area contributed by atoms with E-state index in [2.05, 4.69) is 5.32 Å². The summed E-state index contributed by atoms with van der Waals surface area (Å²) < 4.78 is 13.1. The summed E-state index contributed by atoms with van der Waals surface area (Å²) in [6.07, 6.45) is 0. The number of aliphatic hydroxyl groups excluding tert-OH is 1. The molecule has 0 saturated carbocycles. The molecular formula is C12H15FN2O4. The van der Waals surface area contributed by atoms with Crippen molar-refractivity contribution in [1.29, 1.82) is 0 Å². The molecular weight excluding hydrogens is 255 g/mol. The first kappa shape index (κ1) is 15.0. The predicted octanol–water partition coefficient (Wildman–Crippen LogP) is 1.48. The Morgan fingerprint density at radius 2 is 2.16 bits per heavy atom. The number of nitrogens with zero attached hydrogens (tertiary/aromatic N) is 1. The first-order valence-electron chi connectivity index (χ1n) is 5.72. The van der Waals surface area contributed by atoms with Gasteiger partial charge in [0.05, 0.1) is 17.6 Å². The smallest absolute Gasteiger partial charge is 0.305 e. The van der Waals surface area contributed by atoms with E-state index >= 15 is 0 Å². The van der Waals surface area contributed by atoms with Gasteiger partial charge < -0.3 is 10.4 Å². The summed E-state index contributed by atoms with van der Waals surface area (Å²) in [5, 5.41) is 22.2. The first-order valence-corrected chi connectivity index (χ1v) is 5.72. The number of carbonyl (C=O) groups is 1. The maximum absolute atomic E-state index is 13.1. The van der Waals surface area contributed by atoms with Crippen molar-refractivity contribution >= 4 is 11.6 Å². The Balaban J connectivity index is 2.94. The van der Waals surface area contributed by atoms with E-state index in [1.165, 1.54) is 0 Å². The lowest BCUT2D eigenvalue weighted by molar-refractivity contribution is -0.387. The average molecular weight is 270 g/mol. The van der Waals surface area contributed by atoms with Crippen LogP contribution in [0.25, 0.3) is 0 Å². The Morgan fingerprint density at radius 3 is 2.63 bits per heavy atom. The van der Waals surface area contributed by atoms with E-state index in [9.17, 15) is 19.3 Å². The Labute approximate surface area is 109 Å². The van der Waals surface area contributed by atoms with Crippen molar-refractivity contribution in [2.75, 3.05) is 6.61 Å². The summed E-state index contributed by atoms with van der Waals surface area (Å²) in [6, 6.07) is 2.44. The first-order chi connectivity index (χ1) is 8.86. The number of hydrogen-bond donors (Lipinski definition) is 2. The molecule has 0 aliphatic heterocycles. The molecule has 0 aromatic heterocycles. The second-order valence-electron chi connectivity index (χ2n) is 4.43. The summed E-state index contributed by atoms with van der Waals surface area (Å²) >= 11 is 0. The van der Waals surface area contributed by atoms with Gasteiger partial charge in [0.15, 0.2) is 0 Å². The molecule has 1 atom stereocenters. The van der Waals surface area contributed by atoms with Crippen LogP contribution in [-0.4, -0.2) is 28.6 Å². The van der Waals surface area contributed by atoms with Gasteiger partial charge in [0.1, 0.15) is 0 Å². The van der Waals surface area contributed by atoms with E-state index in [4.69, 9.17) is 5.11 Å². The maximum atomic E-state index is 13.1. The molecule has 0 aliphatic rings. The number of nitro benzene ring substituents is 1. The number of amides is 1. The van der Waals surface area contributed by atoms with Gasteiger partial charge in [-0.05, 0) is 18.1 Å². The molecule has 1 aromatic carbocycles. The van der Waals surface area contributed by atoms with Crippen LogP contribution in [0.5, 0.6) is 0 Å². The fourth-order valence-corrected chi connectivity index (χ4v) is 1.47.